The molecule has 1 amide bonds. The molecule has 0 radical (unpaired) electrons. The highest BCUT2D eigenvalue weighted by atomic mass is 32.2. The summed E-state index contributed by atoms with van der Waals surface area (Å²) in [6.45, 7) is -1.68. The van der Waals surface area contributed by atoms with Gasteiger partial charge in [0.1, 0.15) is 13.2 Å². The zero-order chi connectivity index (χ0) is 16.1. The molecule has 0 aromatic carbocycles. The molecule has 0 saturated carbocycles. The van der Waals surface area contributed by atoms with E-state index in [2.05, 4.69) is 9.46 Å². The quantitative estimate of drug-likeness (QED) is 0.768. The van der Waals surface area contributed by atoms with Gasteiger partial charge in [0.15, 0.2) is 0 Å². The van der Waals surface area contributed by atoms with Crippen LogP contribution in [0.4, 0.5) is 13.2 Å². The first-order valence-electron chi connectivity index (χ1n) is 6.47. The number of piperidine rings is 1. The van der Waals surface area contributed by atoms with Gasteiger partial charge in [-0.1, -0.05) is 0 Å². The van der Waals surface area contributed by atoms with E-state index < -0.39 is 35.3 Å². The Labute approximate surface area is 121 Å². The maximum atomic E-state index is 12.0. The number of carbonyl (C=O) groups excluding carboxylic acids is 1. The maximum Gasteiger partial charge on any atom is 0.411 e. The predicted molar refractivity (Wildman–Crippen MR) is 69.1 cm³/mol. The van der Waals surface area contributed by atoms with E-state index in [9.17, 15) is 26.4 Å². The van der Waals surface area contributed by atoms with E-state index in [1.807, 2.05) is 0 Å². The molecule has 1 fully saturated rings. The lowest BCUT2D eigenvalue weighted by Crippen LogP contribution is -2.50. The number of sulfonamides is 1. The van der Waals surface area contributed by atoms with Gasteiger partial charge in [0.25, 0.3) is 0 Å². The van der Waals surface area contributed by atoms with E-state index in [0.29, 0.717) is 13.0 Å². The van der Waals surface area contributed by atoms with Gasteiger partial charge in [-0.25, -0.2) is 13.1 Å². The van der Waals surface area contributed by atoms with Crippen LogP contribution in [0.25, 0.3) is 0 Å². The van der Waals surface area contributed by atoms with Gasteiger partial charge in [-0.2, -0.15) is 13.2 Å². The lowest BCUT2D eigenvalue weighted by Gasteiger charge is -2.35. The zero-order valence-electron chi connectivity index (χ0n) is 11.6. The van der Waals surface area contributed by atoms with Gasteiger partial charge < -0.3 is 9.64 Å². The first kappa shape index (κ1) is 18.2. The van der Waals surface area contributed by atoms with Crippen LogP contribution in [0.3, 0.4) is 0 Å². The summed E-state index contributed by atoms with van der Waals surface area (Å²) in [5, 5.41) is 0. The minimum Gasteiger partial charge on any atom is -0.362 e. The van der Waals surface area contributed by atoms with Crippen LogP contribution < -0.4 is 4.72 Å². The summed E-state index contributed by atoms with van der Waals surface area (Å²) in [5.74, 6) is -0.556. The molecule has 1 aliphatic rings. The highest BCUT2D eigenvalue weighted by molar-refractivity contribution is 7.88. The Morgan fingerprint density at radius 2 is 2.05 bits per heavy atom. The average molecular weight is 332 g/mol. The van der Waals surface area contributed by atoms with Gasteiger partial charge in [-0.15, -0.1) is 0 Å². The Morgan fingerprint density at radius 3 is 2.62 bits per heavy atom. The Kier molecular flexibility index (Phi) is 6.41. The number of ether oxygens (including phenoxy) is 1. The number of nitrogens with one attached hydrogen (secondary N) is 1. The zero-order valence-corrected chi connectivity index (χ0v) is 12.5. The number of amides is 1. The average Bonchev–Trinajstić information content (AvgIpc) is 2.34. The molecule has 1 heterocycles. The molecule has 1 atom stereocenters. The third-order valence-electron chi connectivity index (χ3n) is 3.02. The fourth-order valence-electron chi connectivity index (χ4n) is 2.13. The van der Waals surface area contributed by atoms with E-state index in [-0.39, 0.29) is 12.6 Å². The van der Waals surface area contributed by atoms with Gasteiger partial charge in [0.2, 0.25) is 15.9 Å². The molecule has 6 nitrogen and oxygen atoms in total. The highest BCUT2D eigenvalue weighted by Gasteiger charge is 2.30. The second kappa shape index (κ2) is 7.41. The fourth-order valence-corrected chi connectivity index (χ4v) is 2.62. The first-order valence-corrected chi connectivity index (χ1v) is 8.36. The number of nitrogens with zero attached hydrogens (tertiary/aromatic N) is 1. The molecule has 0 spiro atoms. The van der Waals surface area contributed by atoms with Crippen molar-refractivity contribution in [2.45, 2.75) is 31.5 Å². The SMILES string of the molecule is CS(=O)(=O)NC[C@@H]1CCCCN1C(=O)COCC(F)(F)F. The molecule has 0 aromatic heterocycles. The fraction of sp³-hybridized carbons (Fsp3) is 0.909. The van der Waals surface area contributed by atoms with E-state index in [0.717, 1.165) is 19.1 Å². The first-order chi connectivity index (χ1) is 9.58. The van der Waals surface area contributed by atoms with Crippen molar-refractivity contribution in [3.05, 3.63) is 0 Å². The second-order valence-electron chi connectivity index (χ2n) is 4.97. The molecule has 0 unspecified atom stereocenters. The van der Waals surface area contributed by atoms with Crippen LogP contribution in [0.15, 0.2) is 0 Å². The monoisotopic (exact) mass is 332 g/mol. The number of alkyl halides is 3. The van der Waals surface area contributed by atoms with Crippen molar-refractivity contribution in [3.8, 4) is 0 Å². The third-order valence-corrected chi connectivity index (χ3v) is 3.71. The normalized spacial score (nSPS) is 20.6. The Balaban J connectivity index is 2.49. The second-order valence-corrected chi connectivity index (χ2v) is 6.80. The molecule has 124 valence electrons. The summed E-state index contributed by atoms with van der Waals surface area (Å²) < 4.78 is 64.7. The van der Waals surface area contributed by atoms with Crippen molar-refractivity contribution in [2.75, 3.05) is 32.6 Å². The van der Waals surface area contributed by atoms with E-state index in [1.165, 1.54) is 4.90 Å². The smallest absolute Gasteiger partial charge is 0.362 e. The van der Waals surface area contributed by atoms with Gasteiger partial charge in [0, 0.05) is 19.1 Å². The molecular weight excluding hydrogens is 313 g/mol. The van der Waals surface area contributed by atoms with E-state index >= 15 is 0 Å². The van der Waals surface area contributed by atoms with Crippen LogP contribution in [0.2, 0.25) is 0 Å². The molecule has 0 aromatic rings. The molecule has 10 heteroatoms. The summed E-state index contributed by atoms with van der Waals surface area (Å²) in [6.07, 6.45) is -1.29. The maximum absolute atomic E-state index is 12.0. The number of likely N-dealkylation sites (tertiary alicyclic amines) is 1. The van der Waals surface area contributed by atoms with Crippen molar-refractivity contribution in [2.24, 2.45) is 0 Å². The molecule has 1 saturated heterocycles. The summed E-state index contributed by atoms with van der Waals surface area (Å²) in [5.41, 5.74) is 0. The molecule has 1 aliphatic heterocycles. The van der Waals surface area contributed by atoms with Crippen LogP contribution >= 0.6 is 0 Å². The van der Waals surface area contributed by atoms with Crippen LogP contribution in [0.1, 0.15) is 19.3 Å². The Bertz CT molecular complexity index is 453. The molecule has 1 N–H and O–H groups in total. The van der Waals surface area contributed by atoms with E-state index in [4.69, 9.17) is 0 Å². The molecular formula is C11H19F3N2O4S. The summed E-state index contributed by atoms with van der Waals surface area (Å²) >= 11 is 0. The number of carbonyl (C=O) groups is 1. The van der Waals surface area contributed by atoms with Crippen molar-refractivity contribution >= 4 is 15.9 Å². The van der Waals surface area contributed by atoms with Crippen molar-refractivity contribution in [1.29, 1.82) is 0 Å². The van der Waals surface area contributed by atoms with Gasteiger partial charge >= 0.3 is 6.18 Å². The number of rotatable bonds is 6. The Hall–Kier alpha value is -0.870. The van der Waals surface area contributed by atoms with Crippen molar-refractivity contribution in [1.82, 2.24) is 9.62 Å². The van der Waals surface area contributed by atoms with Crippen LogP contribution in [-0.4, -0.2) is 64.0 Å². The highest BCUT2D eigenvalue weighted by Crippen LogP contribution is 2.18. The minimum absolute atomic E-state index is 0.0594. The number of halogens is 3. The standard InChI is InChI=1S/C11H19F3N2O4S/c1-21(18,19)15-6-9-4-2-3-5-16(9)10(17)7-20-8-11(12,13)14/h9,15H,2-8H2,1H3/t9-/m0/s1. The van der Waals surface area contributed by atoms with Crippen LogP contribution in [0.5, 0.6) is 0 Å². The topological polar surface area (TPSA) is 75.7 Å². The Morgan fingerprint density at radius 1 is 1.38 bits per heavy atom. The van der Waals surface area contributed by atoms with Gasteiger partial charge in [-0.3, -0.25) is 4.79 Å². The summed E-state index contributed by atoms with van der Waals surface area (Å²) in [6, 6.07) is -0.351. The minimum atomic E-state index is -4.47. The number of hydrogen-bond acceptors (Lipinski definition) is 4. The van der Waals surface area contributed by atoms with Crippen LogP contribution in [-0.2, 0) is 19.6 Å². The lowest BCUT2D eigenvalue weighted by molar-refractivity contribution is -0.178. The number of hydrogen-bond donors (Lipinski definition) is 1. The molecule has 0 bridgehead atoms. The predicted octanol–water partition coefficient (Wildman–Crippen LogP) is 0.496. The third kappa shape index (κ3) is 7.63. The summed E-state index contributed by atoms with van der Waals surface area (Å²) in [4.78, 5) is 13.3. The van der Waals surface area contributed by atoms with Gasteiger partial charge in [0.05, 0.1) is 6.26 Å². The molecule has 1 rings (SSSR count). The largest absolute Gasteiger partial charge is 0.411 e. The lowest BCUT2D eigenvalue weighted by atomic mass is 10.0. The molecule has 21 heavy (non-hydrogen) atoms. The van der Waals surface area contributed by atoms with Crippen LogP contribution in [0, 0.1) is 0 Å². The molecule has 0 aliphatic carbocycles. The van der Waals surface area contributed by atoms with Gasteiger partial charge in [-0.05, 0) is 19.3 Å². The van der Waals surface area contributed by atoms with Crippen molar-refractivity contribution in [3.63, 3.8) is 0 Å². The van der Waals surface area contributed by atoms with E-state index in [1.54, 1.807) is 0 Å². The summed E-state index contributed by atoms with van der Waals surface area (Å²) in [7, 11) is -3.38. The van der Waals surface area contributed by atoms with Crippen molar-refractivity contribution < 1.29 is 31.1 Å².